The van der Waals surface area contributed by atoms with Gasteiger partial charge < -0.3 is 4.57 Å². The number of fused-ring (bicyclic) bond motifs is 1. The summed E-state index contributed by atoms with van der Waals surface area (Å²) in [5.41, 5.74) is 2.80. The van der Waals surface area contributed by atoms with Gasteiger partial charge in [-0.15, -0.1) is 5.10 Å². The van der Waals surface area contributed by atoms with Crippen molar-refractivity contribution in [2.45, 2.75) is 38.8 Å². The van der Waals surface area contributed by atoms with Crippen LogP contribution in [0.2, 0.25) is 0 Å². The number of nitrogens with zero attached hydrogens (tertiary/aromatic N) is 6. The standard InChI is InChI=1S/C24H21F3N6/c1-3-19-21(32-13-15(2)28-14-32)11-10-20(29-19)22-30-23-17(8-6-12-33(23)31-22)16-7-4-5-9-18(16)24(25,26)27/h4-7,9-14,17H,3,8H2,1-2H3/t17-/m0/s1. The van der Waals surface area contributed by atoms with Crippen LogP contribution in [0.15, 0.2) is 55.0 Å². The van der Waals surface area contributed by atoms with Gasteiger partial charge >= 0.3 is 6.18 Å². The van der Waals surface area contributed by atoms with Crippen molar-refractivity contribution in [2.75, 3.05) is 0 Å². The zero-order valence-corrected chi connectivity index (χ0v) is 18.1. The fourth-order valence-electron chi connectivity index (χ4n) is 4.19. The molecule has 33 heavy (non-hydrogen) atoms. The van der Waals surface area contributed by atoms with E-state index in [0.29, 0.717) is 30.2 Å². The van der Waals surface area contributed by atoms with Crippen molar-refractivity contribution in [3.8, 4) is 17.2 Å². The fraction of sp³-hybridized carbons (Fsp3) is 0.250. The molecule has 1 aliphatic rings. The molecule has 0 aliphatic carbocycles. The van der Waals surface area contributed by atoms with E-state index in [0.717, 1.165) is 23.1 Å². The molecular weight excluding hydrogens is 429 g/mol. The van der Waals surface area contributed by atoms with E-state index in [-0.39, 0.29) is 5.56 Å². The largest absolute Gasteiger partial charge is 0.416 e. The van der Waals surface area contributed by atoms with Crippen molar-refractivity contribution in [3.63, 3.8) is 0 Å². The smallest absolute Gasteiger partial charge is 0.304 e. The van der Waals surface area contributed by atoms with Crippen molar-refractivity contribution >= 4 is 6.20 Å². The van der Waals surface area contributed by atoms with Crippen LogP contribution in [0.25, 0.3) is 23.4 Å². The summed E-state index contributed by atoms with van der Waals surface area (Å²) in [6, 6.07) is 9.42. The van der Waals surface area contributed by atoms with E-state index in [1.54, 1.807) is 23.3 Å². The zero-order chi connectivity index (χ0) is 23.2. The lowest BCUT2D eigenvalue weighted by molar-refractivity contribution is -0.138. The van der Waals surface area contributed by atoms with Gasteiger partial charge in [0.05, 0.1) is 29.0 Å². The van der Waals surface area contributed by atoms with Crippen LogP contribution in [-0.4, -0.2) is 29.3 Å². The fourth-order valence-corrected chi connectivity index (χ4v) is 4.19. The summed E-state index contributed by atoms with van der Waals surface area (Å²) in [5, 5.41) is 4.53. The Bertz CT molecular complexity index is 1350. The van der Waals surface area contributed by atoms with Gasteiger partial charge in [-0.25, -0.2) is 19.6 Å². The number of halogens is 3. The van der Waals surface area contributed by atoms with E-state index >= 15 is 0 Å². The van der Waals surface area contributed by atoms with Crippen molar-refractivity contribution < 1.29 is 13.2 Å². The highest BCUT2D eigenvalue weighted by Crippen LogP contribution is 2.40. The number of benzene rings is 1. The first-order valence-electron chi connectivity index (χ1n) is 10.7. The molecule has 1 aromatic carbocycles. The van der Waals surface area contributed by atoms with E-state index in [1.165, 1.54) is 12.1 Å². The number of hydrogen-bond acceptors (Lipinski definition) is 4. The minimum atomic E-state index is -4.44. The SMILES string of the molecule is CCc1nc(-c2nc3n(n2)C=CC[C@H]3c2ccccc2C(F)(F)F)ccc1-n1cnc(C)c1. The average molecular weight is 450 g/mol. The van der Waals surface area contributed by atoms with Gasteiger partial charge in [0.15, 0.2) is 5.82 Å². The van der Waals surface area contributed by atoms with Gasteiger partial charge in [0.2, 0.25) is 0 Å². The zero-order valence-electron chi connectivity index (χ0n) is 18.1. The first-order valence-corrected chi connectivity index (χ1v) is 10.7. The van der Waals surface area contributed by atoms with Gasteiger partial charge in [0, 0.05) is 18.3 Å². The number of rotatable bonds is 4. The van der Waals surface area contributed by atoms with Gasteiger partial charge in [-0.2, -0.15) is 13.2 Å². The first kappa shape index (κ1) is 21.1. The number of hydrogen-bond donors (Lipinski definition) is 0. The molecule has 3 aromatic heterocycles. The summed E-state index contributed by atoms with van der Waals surface area (Å²) < 4.78 is 44.4. The minimum absolute atomic E-state index is 0.197. The van der Waals surface area contributed by atoms with E-state index in [4.69, 9.17) is 4.98 Å². The number of allylic oxidation sites excluding steroid dienone is 1. The van der Waals surface area contributed by atoms with Crippen LogP contribution in [0.3, 0.4) is 0 Å². The van der Waals surface area contributed by atoms with E-state index in [9.17, 15) is 13.2 Å². The summed E-state index contributed by atoms with van der Waals surface area (Å²) in [6.07, 6.45) is 3.89. The Morgan fingerprint density at radius 3 is 2.64 bits per heavy atom. The average Bonchev–Trinajstić information content (AvgIpc) is 3.44. The number of alkyl halides is 3. The second-order valence-corrected chi connectivity index (χ2v) is 7.93. The number of aromatic nitrogens is 6. The second-order valence-electron chi connectivity index (χ2n) is 7.93. The van der Waals surface area contributed by atoms with Gasteiger partial charge in [0.25, 0.3) is 0 Å². The Hall–Kier alpha value is -3.75. The molecule has 0 unspecified atom stereocenters. The third-order valence-corrected chi connectivity index (χ3v) is 5.73. The summed E-state index contributed by atoms with van der Waals surface area (Å²) in [4.78, 5) is 13.7. The summed E-state index contributed by atoms with van der Waals surface area (Å²) >= 11 is 0. The van der Waals surface area contributed by atoms with Crippen molar-refractivity contribution in [3.05, 3.63) is 83.3 Å². The van der Waals surface area contributed by atoms with Crippen molar-refractivity contribution in [1.82, 2.24) is 29.3 Å². The molecule has 0 spiro atoms. The Morgan fingerprint density at radius 2 is 1.91 bits per heavy atom. The third kappa shape index (κ3) is 3.83. The highest BCUT2D eigenvalue weighted by Gasteiger charge is 2.37. The molecule has 0 radical (unpaired) electrons. The van der Waals surface area contributed by atoms with Gasteiger partial charge in [-0.3, -0.25) is 0 Å². The molecule has 4 heterocycles. The Kier molecular flexibility index (Phi) is 5.11. The van der Waals surface area contributed by atoms with Crippen LogP contribution >= 0.6 is 0 Å². The normalized spacial score (nSPS) is 15.6. The molecule has 1 aliphatic heterocycles. The summed E-state index contributed by atoms with van der Waals surface area (Å²) in [5.74, 6) is 0.306. The van der Waals surface area contributed by atoms with Crippen LogP contribution in [-0.2, 0) is 12.6 Å². The highest BCUT2D eigenvalue weighted by molar-refractivity contribution is 5.55. The molecule has 0 N–H and O–H groups in total. The maximum absolute atomic E-state index is 13.6. The molecule has 5 rings (SSSR count). The maximum Gasteiger partial charge on any atom is 0.416 e. The predicted molar refractivity (Wildman–Crippen MR) is 118 cm³/mol. The van der Waals surface area contributed by atoms with E-state index in [1.807, 2.05) is 42.8 Å². The van der Waals surface area contributed by atoms with Crippen LogP contribution < -0.4 is 0 Å². The van der Waals surface area contributed by atoms with Crippen molar-refractivity contribution in [1.29, 1.82) is 0 Å². The molecule has 0 saturated carbocycles. The maximum atomic E-state index is 13.6. The van der Waals surface area contributed by atoms with Gasteiger partial charge in [-0.05, 0) is 43.5 Å². The van der Waals surface area contributed by atoms with Crippen LogP contribution in [0.5, 0.6) is 0 Å². The topological polar surface area (TPSA) is 61.4 Å². The predicted octanol–water partition coefficient (Wildman–Crippen LogP) is 5.42. The van der Waals surface area contributed by atoms with Gasteiger partial charge in [-0.1, -0.05) is 31.2 Å². The summed E-state index contributed by atoms with van der Waals surface area (Å²) in [6.45, 7) is 3.93. The lowest BCUT2D eigenvalue weighted by atomic mass is 9.89. The second kappa shape index (κ2) is 7.99. The van der Waals surface area contributed by atoms with Crippen LogP contribution in [0, 0.1) is 6.92 Å². The lowest BCUT2D eigenvalue weighted by Crippen LogP contribution is -2.16. The number of pyridine rings is 1. The van der Waals surface area contributed by atoms with Crippen molar-refractivity contribution in [2.24, 2.45) is 0 Å². The molecule has 0 bridgehead atoms. The molecule has 0 saturated heterocycles. The van der Waals surface area contributed by atoms with Crippen LogP contribution in [0.4, 0.5) is 13.2 Å². The molecule has 1 atom stereocenters. The van der Waals surface area contributed by atoms with Crippen LogP contribution in [0.1, 0.15) is 47.6 Å². The van der Waals surface area contributed by atoms with E-state index < -0.39 is 17.7 Å². The Morgan fingerprint density at radius 1 is 1.09 bits per heavy atom. The Labute approximate surface area is 188 Å². The highest BCUT2D eigenvalue weighted by atomic mass is 19.4. The first-order chi connectivity index (χ1) is 15.8. The van der Waals surface area contributed by atoms with Gasteiger partial charge in [0.1, 0.15) is 11.5 Å². The molecular formula is C24H21F3N6. The molecule has 168 valence electrons. The Balaban J connectivity index is 1.55. The lowest BCUT2D eigenvalue weighted by Gasteiger charge is -2.22. The summed E-state index contributed by atoms with van der Waals surface area (Å²) in [7, 11) is 0. The number of imidazole rings is 1. The molecule has 9 heteroatoms. The third-order valence-electron chi connectivity index (χ3n) is 5.73. The quantitative estimate of drug-likeness (QED) is 0.416. The molecule has 0 fully saturated rings. The van der Waals surface area contributed by atoms with E-state index in [2.05, 4.69) is 15.1 Å². The minimum Gasteiger partial charge on any atom is -0.304 e. The monoisotopic (exact) mass is 450 g/mol. The molecule has 0 amide bonds. The molecule has 4 aromatic rings. The number of aryl methyl sites for hydroxylation is 2. The molecule has 6 nitrogen and oxygen atoms in total.